The van der Waals surface area contributed by atoms with Crippen LogP contribution in [-0.2, 0) is 0 Å². The molecule has 0 aliphatic rings. The van der Waals surface area contributed by atoms with Crippen molar-refractivity contribution in [3.63, 3.8) is 0 Å². The van der Waals surface area contributed by atoms with Gasteiger partial charge in [-0.05, 0) is 30.3 Å². The predicted molar refractivity (Wildman–Crippen MR) is 70.9 cm³/mol. The lowest BCUT2D eigenvalue weighted by atomic mass is 10.2. The summed E-state index contributed by atoms with van der Waals surface area (Å²) in [5.41, 5.74) is 0.901. The first-order valence-corrected chi connectivity index (χ1v) is 5.60. The van der Waals surface area contributed by atoms with E-state index in [-0.39, 0.29) is 5.75 Å². The van der Waals surface area contributed by atoms with Crippen LogP contribution in [-0.4, -0.2) is 15.1 Å². The maximum Gasteiger partial charge on any atom is 0.174 e. The van der Waals surface area contributed by atoms with E-state index >= 15 is 0 Å². The van der Waals surface area contributed by atoms with Crippen molar-refractivity contribution < 1.29 is 5.11 Å². The molecule has 0 bridgehead atoms. The number of hydrogen-bond acceptors (Lipinski definition) is 4. The lowest BCUT2D eigenvalue weighted by Gasteiger charge is -2.06. The zero-order chi connectivity index (χ0) is 12.4. The number of aromatic hydroxyl groups is 1. The van der Waals surface area contributed by atoms with E-state index in [0.29, 0.717) is 11.6 Å². The highest BCUT2D eigenvalue weighted by atomic mass is 16.3. The first-order valence-electron chi connectivity index (χ1n) is 5.60. The number of para-hydroxylation sites is 1. The van der Waals surface area contributed by atoms with E-state index in [1.165, 1.54) is 0 Å². The van der Waals surface area contributed by atoms with Crippen LogP contribution < -0.4 is 5.32 Å². The van der Waals surface area contributed by atoms with Gasteiger partial charge < -0.3 is 10.4 Å². The Hall–Kier alpha value is -2.62. The van der Waals surface area contributed by atoms with Gasteiger partial charge in [0, 0.05) is 11.6 Å². The Labute approximate surface area is 104 Å². The van der Waals surface area contributed by atoms with Crippen LogP contribution in [0, 0.1) is 0 Å². The molecule has 3 aromatic rings. The molecule has 2 aromatic heterocycles. The Morgan fingerprint density at radius 1 is 0.944 bits per heavy atom. The molecule has 0 aliphatic heterocycles. The summed E-state index contributed by atoms with van der Waals surface area (Å²) in [5, 5.41) is 13.7. The number of aromatic nitrogens is 2. The highest BCUT2D eigenvalue weighted by Crippen LogP contribution is 2.23. The van der Waals surface area contributed by atoms with Crippen LogP contribution in [0.3, 0.4) is 0 Å². The van der Waals surface area contributed by atoms with Crippen LogP contribution >= 0.6 is 0 Å². The first-order chi connectivity index (χ1) is 8.83. The molecular weight excluding hydrogens is 226 g/mol. The summed E-state index contributed by atoms with van der Waals surface area (Å²) in [5.74, 6) is 1.16. The fraction of sp³-hybridized carbons (Fsp3) is 0. The summed E-state index contributed by atoms with van der Waals surface area (Å²) < 4.78 is 0. The Morgan fingerprint density at radius 2 is 1.83 bits per heavy atom. The molecule has 18 heavy (non-hydrogen) atoms. The van der Waals surface area contributed by atoms with Gasteiger partial charge in [-0.15, -0.1) is 0 Å². The van der Waals surface area contributed by atoms with E-state index in [1.807, 2.05) is 36.4 Å². The smallest absolute Gasteiger partial charge is 0.174 e. The third-order valence-electron chi connectivity index (χ3n) is 2.63. The maximum absolute atomic E-state index is 9.63. The van der Waals surface area contributed by atoms with Gasteiger partial charge in [-0.2, -0.15) is 0 Å². The standard InChI is InChI=1S/C14H11N3O/c18-12-6-3-9-15-14(12)17-13-8-7-10-4-1-2-5-11(10)16-13/h1-9,18H,(H,15,16,17). The summed E-state index contributed by atoms with van der Waals surface area (Å²) >= 11 is 0. The second-order valence-electron chi connectivity index (χ2n) is 3.89. The van der Waals surface area contributed by atoms with Crippen LogP contribution in [0.4, 0.5) is 11.6 Å². The molecule has 0 aliphatic carbocycles. The number of fused-ring (bicyclic) bond motifs is 1. The van der Waals surface area contributed by atoms with Gasteiger partial charge in [0.25, 0.3) is 0 Å². The Morgan fingerprint density at radius 3 is 2.72 bits per heavy atom. The summed E-state index contributed by atoms with van der Waals surface area (Å²) in [6.07, 6.45) is 1.61. The molecule has 2 heterocycles. The zero-order valence-electron chi connectivity index (χ0n) is 9.54. The van der Waals surface area contributed by atoms with Gasteiger partial charge in [-0.1, -0.05) is 18.2 Å². The predicted octanol–water partition coefficient (Wildman–Crippen LogP) is 3.08. The zero-order valence-corrected chi connectivity index (χ0v) is 9.54. The van der Waals surface area contributed by atoms with Gasteiger partial charge in [0.15, 0.2) is 11.6 Å². The van der Waals surface area contributed by atoms with Crippen molar-refractivity contribution in [1.82, 2.24) is 9.97 Å². The molecular formula is C14H11N3O. The number of anilines is 2. The van der Waals surface area contributed by atoms with Crippen LogP contribution in [0.25, 0.3) is 10.9 Å². The van der Waals surface area contributed by atoms with Crippen molar-refractivity contribution in [2.75, 3.05) is 5.32 Å². The Kier molecular flexibility index (Phi) is 2.53. The number of nitrogens with one attached hydrogen (secondary N) is 1. The largest absolute Gasteiger partial charge is 0.504 e. The molecule has 4 heteroatoms. The minimum Gasteiger partial charge on any atom is -0.504 e. The monoisotopic (exact) mass is 237 g/mol. The van der Waals surface area contributed by atoms with Crippen molar-refractivity contribution in [3.05, 3.63) is 54.7 Å². The van der Waals surface area contributed by atoms with E-state index in [2.05, 4.69) is 15.3 Å². The molecule has 0 saturated heterocycles. The van der Waals surface area contributed by atoms with Gasteiger partial charge in [-0.25, -0.2) is 9.97 Å². The van der Waals surface area contributed by atoms with Crippen molar-refractivity contribution in [1.29, 1.82) is 0 Å². The summed E-state index contributed by atoms with van der Waals surface area (Å²) in [4.78, 5) is 8.50. The molecule has 0 amide bonds. The molecule has 0 atom stereocenters. The van der Waals surface area contributed by atoms with Crippen LogP contribution in [0.5, 0.6) is 5.75 Å². The molecule has 0 spiro atoms. The number of benzene rings is 1. The lowest BCUT2D eigenvalue weighted by Crippen LogP contribution is -1.96. The van der Waals surface area contributed by atoms with Gasteiger partial charge in [0.1, 0.15) is 5.82 Å². The normalized spacial score (nSPS) is 10.4. The van der Waals surface area contributed by atoms with Crippen molar-refractivity contribution in [2.45, 2.75) is 0 Å². The van der Waals surface area contributed by atoms with E-state index in [0.717, 1.165) is 10.9 Å². The highest BCUT2D eigenvalue weighted by Gasteiger charge is 2.03. The SMILES string of the molecule is Oc1cccnc1Nc1ccc2ccccc2n1. The number of pyridine rings is 2. The number of rotatable bonds is 2. The molecule has 1 aromatic carbocycles. The van der Waals surface area contributed by atoms with E-state index in [4.69, 9.17) is 0 Å². The van der Waals surface area contributed by atoms with Crippen molar-refractivity contribution >= 4 is 22.5 Å². The van der Waals surface area contributed by atoms with Crippen molar-refractivity contribution in [2.24, 2.45) is 0 Å². The summed E-state index contributed by atoms with van der Waals surface area (Å²) in [6, 6.07) is 15.0. The molecule has 0 fully saturated rings. The van der Waals surface area contributed by atoms with Crippen LogP contribution in [0.15, 0.2) is 54.7 Å². The van der Waals surface area contributed by atoms with E-state index in [1.54, 1.807) is 18.3 Å². The molecule has 88 valence electrons. The molecule has 0 unspecified atom stereocenters. The number of nitrogens with zero attached hydrogens (tertiary/aromatic N) is 2. The second kappa shape index (κ2) is 4.33. The molecule has 2 N–H and O–H groups in total. The van der Waals surface area contributed by atoms with E-state index in [9.17, 15) is 5.11 Å². The quantitative estimate of drug-likeness (QED) is 0.719. The van der Waals surface area contributed by atoms with Crippen LogP contribution in [0.1, 0.15) is 0 Å². The summed E-state index contributed by atoms with van der Waals surface area (Å²) in [7, 11) is 0. The second-order valence-corrected chi connectivity index (χ2v) is 3.89. The first kappa shape index (κ1) is 10.5. The third kappa shape index (κ3) is 1.96. The van der Waals surface area contributed by atoms with Crippen LogP contribution in [0.2, 0.25) is 0 Å². The topological polar surface area (TPSA) is 58.0 Å². The average Bonchev–Trinajstić information content (AvgIpc) is 2.41. The van der Waals surface area contributed by atoms with Gasteiger partial charge in [0.05, 0.1) is 5.52 Å². The lowest BCUT2D eigenvalue weighted by molar-refractivity contribution is 0.475. The molecule has 3 rings (SSSR count). The van der Waals surface area contributed by atoms with Gasteiger partial charge in [-0.3, -0.25) is 0 Å². The minimum absolute atomic E-state index is 0.104. The molecule has 4 nitrogen and oxygen atoms in total. The molecule has 0 radical (unpaired) electrons. The number of hydrogen-bond donors (Lipinski definition) is 2. The third-order valence-corrected chi connectivity index (χ3v) is 2.63. The fourth-order valence-electron chi connectivity index (χ4n) is 1.75. The Balaban J connectivity index is 1.98. The fourth-order valence-corrected chi connectivity index (χ4v) is 1.75. The van der Waals surface area contributed by atoms with Crippen molar-refractivity contribution in [3.8, 4) is 5.75 Å². The highest BCUT2D eigenvalue weighted by molar-refractivity contribution is 5.80. The van der Waals surface area contributed by atoms with E-state index < -0.39 is 0 Å². The molecule has 0 saturated carbocycles. The maximum atomic E-state index is 9.63. The summed E-state index contributed by atoms with van der Waals surface area (Å²) in [6.45, 7) is 0. The average molecular weight is 237 g/mol. The van der Waals surface area contributed by atoms with Gasteiger partial charge >= 0.3 is 0 Å². The minimum atomic E-state index is 0.104. The Bertz CT molecular complexity index is 697. The van der Waals surface area contributed by atoms with Gasteiger partial charge in [0.2, 0.25) is 0 Å².